The van der Waals surface area contributed by atoms with Gasteiger partial charge in [0.1, 0.15) is 0 Å². The van der Waals surface area contributed by atoms with E-state index < -0.39 is 0 Å². The van der Waals surface area contributed by atoms with Crippen molar-refractivity contribution in [1.29, 1.82) is 5.26 Å². The normalized spacial score (nSPS) is 45.2. The topological polar surface area (TPSA) is 27.0 Å². The largest absolute Gasteiger partial charge is 0.302 e. The highest BCUT2D eigenvalue weighted by Gasteiger charge is 2.54. The average Bonchev–Trinajstić information content (AvgIpc) is 2.44. The summed E-state index contributed by atoms with van der Waals surface area (Å²) in [6.45, 7) is 3.55. The van der Waals surface area contributed by atoms with Crippen LogP contribution in [0.4, 0.5) is 0 Å². The molecule has 0 radical (unpaired) electrons. The van der Waals surface area contributed by atoms with Gasteiger partial charge in [-0.2, -0.15) is 5.26 Å². The molecule has 0 spiro atoms. The maximum atomic E-state index is 9.84. The molecule has 0 amide bonds. The quantitative estimate of drug-likeness (QED) is 0.780. The van der Waals surface area contributed by atoms with Crippen molar-refractivity contribution in [2.75, 3.05) is 19.6 Å². The van der Waals surface area contributed by atoms with Gasteiger partial charge in [-0.1, -0.05) is 6.42 Å². The summed E-state index contributed by atoms with van der Waals surface area (Å²) in [5.74, 6) is 3.23. The first-order valence-electron chi connectivity index (χ1n) is 8.89. The van der Waals surface area contributed by atoms with Crippen molar-refractivity contribution in [3.05, 3.63) is 0 Å². The van der Waals surface area contributed by atoms with E-state index in [1.807, 2.05) is 0 Å². The van der Waals surface area contributed by atoms with Gasteiger partial charge in [0.2, 0.25) is 0 Å². The van der Waals surface area contributed by atoms with Gasteiger partial charge in [0.25, 0.3) is 0 Å². The van der Waals surface area contributed by atoms with E-state index in [-0.39, 0.29) is 0 Å². The molecule has 1 saturated heterocycles. The lowest BCUT2D eigenvalue weighted by molar-refractivity contribution is -0.0804. The van der Waals surface area contributed by atoms with Crippen LogP contribution in [0.5, 0.6) is 0 Å². The SMILES string of the molecule is N#CC(CN1CCCCC1)C12CC3CC(CC(C3)C1)C2. The molecule has 1 aliphatic heterocycles. The fraction of sp³-hybridized carbons (Fsp3) is 0.944. The molecule has 5 fully saturated rings. The van der Waals surface area contributed by atoms with Crippen LogP contribution in [0, 0.1) is 40.4 Å². The minimum Gasteiger partial charge on any atom is -0.302 e. The molecule has 2 heteroatoms. The van der Waals surface area contributed by atoms with E-state index in [0.717, 1.165) is 24.3 Å². The van der Waals surface area contributed by atoms with Gasteiger partial charge in [0, 0.05) is 6.54 Å². The third kappa shape index (κ3) is 2.19. The summed E-state index contributed by atoms with van der Waals surface area (Å²) >= 11 is 0. The molecule has 0 aromatic rings. The van der Waals surface area contributed by atoms with Crippen LogP contribution in [0.1, 0.15) is 57.8 Å². The molecular weight excluding hydrogens is 244 g/mol. The highest BCUT2D eigenvalue weighted by molar-refractivity contribution is 5.09. The first-order valence-corrected chi connectivity index (χ1v) is 8.89. The number of rotatable bonds is 3. The lowest BCUT2D eigenvalue weighted by atomic mass is 9.46. The van der Waals surface area contributed by atoms with Crippen LogP contribution < -0.4 is 0 Å². The number of likely N-dealkylation sites (tertiary alicyclic amines) is 1. The van der Waals surface area contributed by atoms with Gasteiger partial charge in [0.15, 0.2) is 0 Å². The van der Waals surface area contributed by atoms with Crippen molar-refractivity contribution in [2.45, 2.75) is 57.8 Å². The second-order valence-electron chi connectivity index (χ2n) is 8.32. The van der Waals surface area contributed by atoms with Crippen molar-refractivity contribution in [3.8, 4) is 6.07 Å². The molecule has 5 aliphatic rings. The van der Waals surface area contributed by atoms with Crippen LogP contribution in [0.25, 0.3) is 0 Å². The Kier molecular flexibility index (Phi) is 3.30. The zero-order chi connectivity index (χ0) is 13.6. The number of nitrogens with zero attached hydrogens (tertiary/aromatic N) is 2. The number of hydrogen-bond donors (Lipinski definition) is 0. The first-order chi connectivity index (χ1) is 9.77. The zero-order valence-electron chi connectivity index (χ0n) is 12.7. The van der Waals surface area contributed by atoms with E-state index in [9.17, 15) is 5.26 Å². The Balaban J connectivity index is 1.50. The van der Waals surface area contributed by atoms with Crippen molar-refractivity contribution in [3.63, 3.8) is 0 Å². The molecule has 0 aromatic carbocycles. The highest BCUT2D eigenvalue weighted by Crippen LogP contribution is 2.62. The maximum absolute atomic E-state index is 9.84. The Labute approximate surface area is 123 Å². The average molecular weight is 272 g/mol. The van der Waals surface area contributed by atoms with Crippen LogP contribution in [-0.2, 0) is 0 Å². The summed E-state index contributed by atoms with van der Waals surface area (Å²) in [5.41, 5.74) is 0.418. The molecule has 5 rings (SSSR count). The summed E-state index contributed by atoms with van der Waals surface area (Å²) in [5, 5.41) is 9.84. The third-order valence-electron chi connectivity index (χ3n) is 6.87. The molecular formula is C18H28N2. The second kappa shape index (κ2) is 5.02. The van der Waals surface area contributed by atoms with Crippen LogP contribution in [-0.4, -0.2) is 24.5 Å². The van der Waals surface area contributed by atoms with Crippen LogP contribution in [0.2, 0.25) is 0 Å². The Morgan fingerprint density at radius 2 is 1.50 bits per heavy atom. The maximum Gasteiger partial charge on any atom is 0.0675 e. The number of nitriles is 1. The van der Waals surface area contributed by atoms with Gasteiger partial charge in [-0.3, -0.25) is 0 Å². The molecule has 0 N–H and O–H groups in total. The summed E-state index contributed by atoms with van der Waals surface area (Å²) < 4.78 is 0. The Hall–Kier alpha value is -0.550. The molecule has 2 nitrogen and oxygen atoms in total. The Morgan fingerprint density at radius 1 is 0.950 bits per heavy atom. The molecule has 1 unspecified atom stereocenters. The smallest absolute Gasteiger partial charge is 0.0675 e. The van der Waals surface area contributed by atoms with Gasteiger partial charge in [0.05, 0.1) is 12.0 Å². The predicted octanol–water partition coefficient (Wildman–Crippen LogP) is 3.83. The Bertz CT molecular complexity index is 367. The van der Waals surface area contributed by atoms with Gasteiger partial charge in [-0.15, -0.1) is 0 Å². The van der Waals surface area contributed by atoms with Crippen LogP contribution >= 0.6 is 0 Å². The fourth-order valence-corrected chi connectivity index (χ4v) is 6.38. The summed E-state index contributed by atoms with van der Waals surface area (Å²) in [6.07, 6.45) is 12.7. The molecule has 20 heavy (non-hydrogen) atoms. The highest BCUT2D eigenvalue weighted by atomic mass is 15.1. The van der Waals surface area contributed by atoms with Gasteiger partial charge in [-0.25, -0.2) is 0 Å². The van der Waals surface area contributed by atoms with Crippen molar-refractivity contribution in [2.24, 2.45) is 29.1 Å². The second-order valence-corrected chi connectivity index (χ2v) is 8.32. The van der Waals surface area contributed by atoms with Gasteiger partial charge < -0.3 is 4.90 Å². The van der Waals surface area contributed by atoms with Crippen molar-refractivity contribution < 1.29 is 0 Å². The monoisotopic (exact) mass is 272 g/mol. The minimum absolute atomic E-state index is 0.314. The van der Waals surface area contributed by atoms with E-state index in [0.29, 0.717) is 11.3 Å². The summed E-state index contributed by atoms with van der Waals surface area (Å²) in [7, 11) is 0. The summed E-state index contributed by atoms with van der Waals surface area (Å²) in [4.78, 5) is 2.59. The molecule has 4 bridgehead atoms. The van der Waals surface area contributed by atoms with E-state index >= 15 is 0 Å². The van der Waals surface area contributed by atoms with Gasteiger partial charge in [-0.05, 0) is 87.6 Å². The van der Waals surface area contributed by atoms with Crippen molar-refractivity contribution >= 4 is 0 Å². The molecule has 1 heterocycles. The molecule has 4 aliphatic carbocycles. The van der Waals surface area contributed by atoms with E-state index in [1.54, 1.807) is 0 Å². The molecule has 1 atom stereocenters. The zero-order valence-corrected chi connectivity index (χ0v) is 12.7. The van der Waals surface area contributed by atoms with Gasteiger partial charge >= 0.3 is 0 Å². The minimum atomic E-state index is 0.314. The number of hydrogen-bond acceptors (Lipinski definition) is 2. The van der Waals surface area contributed by atoms with E-state index in [1.165, 1.54) is 70.9 Å². The third-order valence-corrected chi connectivity index (χ3v) is 6.87. The number of piperidine rings is 1. The summed E-state index contributed by atoms with van der Waals surface area (Å²) in [6, 6.07) is 2.76. The lowest BCUT2D eigenvalue weighted by Crippen LogP contribution is -2.52. The van der Waals surface area contributed by atoms with Crippen molar-refractivity contribution in [1.82, 2.24) is 4.90 Å². The van der Waals surface area contributed by atoms with E-state index in [4.69, 9.17) is 0 Å². The molecule has 0 aromatic heterocycles. The first kappa shape index (κ1) is 13.1. The Morgan fingerprint density at radius 3 is 2.00 bits per heavy atom. The predicted molar refractivity (Wildman–Crippen MR) is 80.0 cm³/mol. The van der Waals surface area contributed by atoms with Crippen LogP contribution in [0.15, 0.2) is 0 Å². The lowest BCUT2D eigenvalue weighted by Gasteiger charge is -2.58. The fourth-order valence-electron chi connectivity index (χ4n) is 6.38. The van der Waals surface area contributed by atoms with E-state index in [2.05, 4.69) is 11.0 Å². The molecule has 110 valence electrons. The van der Waals surface area contributed by atoms with Crippen LogP contribution in [0.3, 0.4) is 0 Å². The standard InChI is InChI=1S/C18H28N2/c19-12-17(13-20-4-2-1-3-5-20)18-9-14-6-15(10-18)8-16(7-14)11-18/h14-17H,1-11,13H2. The molecule has 4 saturated carbocycles.